The number of rotatable bonds is 5. The molecule has 1 saturated heterocycles. The number of benzene rings is 1. The summed E-state index contributed by atoms with van der Waals surface area (Å²) < 4.78 is 0. The molecule has 1 aliphatic rings. The van der Waals surface area contributed by atoms with Gasteiger partial charge in [-0.25, -0.2) is 9.78 Å². The zero-order valence-electron chi connectivity index (χ0n) is 15.1. The van der Waals surface area contributed by atoms with Crippen LogP contribution in [0.5, 0.6) is 0 Å². The number of carboxylic acid groups (broad SMARTS) is 1. The fraction of sp³-hybridized carbons (Fsp3) is 0.300. The number of hydrogen-bond acceptors (Lipinski definition) is 5. The Balaban J connectivity index is 1.70. The van der Waals surface area contributed by atoms with Crippen LogP contribution in [0.4, 0.5) is 5.82 Å². The number of aliphatic carboxylic acids is 1. The quantitative estimate of drug-likeness (QED) is 0.790. The van der Waals surface area contributed by atoms with Crippen LogP contribution < -0.4 is 5.32 Å². The molecule has 3 rings (SSSR count). The van der Waals surface area contributed by atoms with Crippen molar-refractivity contribution < 1.29 is 14.7 Å². The van der Waals surface area contributed by atoms with Gasteiger partial charge in [-0.15, -0.1) is 0 Å². The highest BCUT2D eigenvalue weighted by molar-refractivity contribution is 5.85. The number of carbonyl (C=O) groups is 2. The highest BCUT2D eigenvalue weighted by Crippen LogP contribution is 2.21. The molecule has 1 aromatic carbocycles. The normalized spacial score (nSPS) is 15.1. The Kier molecular flexibility index (Phi) is 5.80. The summed E-state index contributed by atoms with van der Waals surface area (Å²) in [4.78, 5) is 32.9. The maximum Gasteiger partial charge on any atom is 0.328 e. The van der Waals surface area contributed by atoms with Crippen molar-refractivity contribution in [1.82, 2.24) is 14.9 Å². The van der Waals surface area contributed by atoms with Crippen LogP contribution in [0.25, 0.3) is 17.3 Å². The van der Waals surface area contributed by atoms with Crippen molar-refractivity contribution in [2.24, 2.45) is 0 Å². The number of amides is 1. The largest absolute Gasteiger partial charge is 0.478 e. The molecule has 0 saturated carbocycles. The third-order valence-electron chi connectivity index (χ3n) is 4.53. The van der Waals surface area contributed by atoms with E-state index in [1.165, 1.54) is 0 Å². The minimum absolute atomic E-state index is 0.118. The lowest BCUT2D eigenvalue weighted by Crippen LogP contribution is -2.41. The van der Waals surface area contributed by atoms with E-state index in [0.717, 1.165) is 43.1 Å². The van der Waals surface area contributed by atoms with E-state index < -0.39 is 5.97 Å². The lowest BCUT2D eigenvalue weighted by atomic mass is 10.1. The molecule has 0 unspecified atom stereocenters. The van der Waals surface area contributed by atoms with Gasteiger partial charge in [0.25, 0.3) is 0 Å². The number of aromatic nitrogens is 2. The van der Waals surface area contributed by atoms with Crippen LogP contribution in [0.2, 0.25) is 0 Å². The molecule has 7 heteroatoms. The van der Waals surface area contributed by atoms with E-state index in [2.05, 4.69) is 15.3 Å². The topological polar surface area (TPSA) is 95.4 Å². The summed E-state index contributed by atoms with van der Waals surface area (Å²) in [6.45, 7) is 3.10. The van der Waals surface area contributed by atoms with E-state index in [1.807, 2.05) is 29.2 Å². The van der Waals surface area contributed by atoms with E-state index in [-0.39, 0.29) is 11.9 Å². The molecule has 27 heavy (non-hydrogen) atoms. The molecule has 0 aliphatic carbocycles. The molecule has 0 bridgehead atoms. The third kappa shape index (κ3) is 5.13. The summed E-state index contributed by atoms with van der Waals surface area (Å²) in [5, 5.41) is 12.2. The smallest absolute Gasteiger partial charge is 0.328 e. The maximum atomic E-state index is 11.4. The molecular formula is C20H22N4O3. The predicted octanol–water partition coefficient (Wildman–Crippen LogP) is 2.66. The highest BCUT2D eigenvalue weighted by Gasteiger charge is 2.20. The van der Waals surface area contributed by atoms with Crippen LogP contribution in [0.15, 0.2) is 42.7 Å². The minimum atomic E-state index is -0.984. The lowest BCUT2D eigenvalue weighted by Gasteiger charge is -2.31. The van der Waals surface area contributed by atoms with Crippen LogP contribution >= 0.6 is 0 Å². The van der Waals surface area contributed by atoms with Crippen molar-refractivity contribution in [3.63, 3.8) is 0 Å². The Hall–Kier alpha value is -3.22. The highest BCUT2D eigenvalue weighted by atomic mass is 16.4. The van der Waals surface area contributed by atoms with Gasteiger partial charge in [0.1, 0.15) is 5.82 Å². The van der Waals surface area contributed by atoms with Gasteiger partial charge in [0.2, 0.25) is 5.91 Å². The molecule has 1 fully saturated rings. The Morgan fingerprint density at radius 1 is 1.26 bits per heavy atom. The van der Waals surface area contributed by atoms with Gasteiger partial charge >= 0.3 is 5.97 Å². The fourth-order valence-corrected chi connectivity index (χ4v) is 3.09. The van der Waals surface area contributed by atoms with E-state index in [4.69, 9.17) is 5.11 Å². The second-order valence-electron chi connectivity index (χ2n) is 6.51. The Bertz CT molecular complexity index is 858. The molecular weight excluding hydrogens is 344 g/mol. The first-order chi connectivity index (χ1) is 13.0. The monoisotopic (exact) mass is 366 g/mol. The Labute approximate surface area is 157 Å². The van der Waals surface area contributed by atoms with Crippen molar-refractivity contribution >= 4 is 23.8 Å². The maximum absolute atomic E-state index is 11.4. The molecule has 1 aliphatic heterocycles. The first-order valence-corrected chi connectivity index (χ1v) is 8.87. The average molecular weight is 366 g/mol. The first kappa shape index (κ1) is 18.6. The summed E-state index contributed by atoms with van der Waals surface area (Å²) in [5.74, 6) is -0.172. The number of likely N-dealkylation sites (tertiary alicyclic amines) is 1. The van der Waals surface area contributed by atoms with E-state index in [1.54, 1.807) is 25.4 Å². The molecule has 1 amide bonds. The molecule has 2 aromatic rings. The Morgan fingerprint density at radius 2 is 2.04 bits per heavy atom. The molecule has 1 aromatic heterocycles. The summed E-state index contributed by atoms with van der Waals surface area (Å²) in [6.07, 6.45) is 7.78. The number of carbonyl (C=O) groups excluding carboxylic acids is 1. The minimum Gasteiger partial charge on any atom is -0.478 e. The summed E-state index contributed by atoms with van der Waals surface area (Å²) in [5.41, 5.74) is 2.36. The molecule has 2 N–H and O–H groups in total. The van der Waals surface area contributed by atoms with E-state index in [0.29, 0.717) is 11.5 Å². The van der Waals surface area contributed by atoms with Crippen LogP contribution in [0.1, 0.15) is 25.3 Å². The second-order valence-corrected chi connectivity index (χ2v) is 6.51. The molecule has 7 nitrogen and oxygen atoms in total. The number of nitrogens with zero attached hydrogens (tertiary/aromatic N) is 3. The zero-order valence-corrected chi connectivity index (χ0v) is 15.1. The van der Waals surface area contributed by atoms with Crippen LogP contribution in [-0.2, 0) is 9.59 Å². The lowest BCUT2D eigenvalue weighted by molar-refractivity contribution is -0.131. The summed E-state index contributed by atoms with van der Waals surface area (Å²) >= 11 is 0. The van der Waals surface area contributed by atoms with Gasteiger partial charge in [-0.3, -0.25) is 9.78 Å². The average Bonchev–Trinajstić information content (AvgIpc) is 2.67. The van der Waals surface area contributed by atoms with Gasteiger partial charge in [0, 0.05) is 37.7 Å². The number of carboxylic acids is 1. The fourth-order valence-electron chi connectivity index (χ4n) is 3.09. The van der Waals surface area contributed by atoms with Crippen LogP contribution in [-0.4, -0.2) is 51.0 Å². The van der Waals surface area contributed by atoms with Crippen molar-refractivity contribution in [3.8, 4) is 11.3 Å². The van der Waals surface area contributed by atoms with Gasteiger partial charge in [0.05, 0.1) is 18.1 Å². The van der Waals surface area contributed by atoms with Gasteiger partial charge in [0.15, 0.2) is 0 Å². The number of anilines is 1. The second kappa shape index (κ2) is 8.44. The molecule has 140 valence electrons. The van der Waals surface area contributed by atoms with Crippen molar-refractivity contribution in [3.05, 3.63) is 48.3 Å². The van der Waals surface area contributed by atoms with Gasteiger partial charge in [-0.1, -0.05) is 18.2 Å². The van der Waals surface area contributed by atoms with Crippen molar-refractivity contribution in [2.45, 2.75) is 25.8 Å². The van der Waals surface area contributed by atoms with Crippen molar-refractivity contribution in [1.29, 1.82) is 0 Å². The van der Waals surface area contributed by atoms with E-state index in [9.17, 15) is 9.59 Å². The molecule has 0 radical (unpaired) electrons. The number of nitrogens with one attached hydrogen (secondary N) is 1. The number of piperidine rings is 1. The summed E-state index contributed by atoms with van der Waals surface area (Å²) in [6, 6.07) is 7.74. The van der Waals surface area contributed by atoms with Gasteiger partial charge < -0.3 is 15.3 Å². The molecule has 0 spiro atoms. The first-order valence-electron chi connectivity index (χ1n) is 8.87. The molecule has 2 heterocycles. The van der Waals surface area contributed by atoms with Gasteiger partial charge in [-0.2, -0.15) is 0 Å². The SMILES string of the molecule is CC(=O)N1CCC(Nc2cncc(-c3cccc(/C=C/C(=O)O)c3)n2)CC1. The predicted molar refractivity (Wildman–Crippen MR) is 103 cm³/mol. The van der Waals surface area contributed by atoms with Crippen LogP contribution in [0, 0.1) is 0 Å². The standard InChI is InChI=1S/C20H22N4O3/c1-14(25)24-9-7-17(8-10-24)22-19-13-21-12-18(23-19)16-4-2-3-15(11-16)5-6-20(26)27/h2-6,11-13,17H,7-10H2,1H3,(H,22,23)(H,26,27)/b6-5+. The van der Waals surface area contributed by atoms with E-state index >= 15 is 0 Å². The summed E-state index contributed by atoms with van der Waals surface area (Å²) in [7, 11) is 0. The number of hydrogen-bond donors (Lipinski definition) is 2. The van der Waals surface area contributed by atoms with Gasteiger partial charge in [-0.05, 0) is 30.5 Å². The third-order valence-corrected chi connectivity index (χ3v) is 4.53. The zero-order chi connectivity index (χ0) is 19.2. The molecule has 0 atom stereocenters. The van der Waals surface area contributed by atoms with Crippen molar-refractivity contribution in [2.75, 3.05) is 18.4 Å². The van der Waals surface area contributed by atoms with Crippen LogP contribution in [0.3, 0.4) is 0 Å². The Morgan fingerprint density at radius 3 is 2.74 bits per heavy atom.